The maximum atomic E-state index is 4.91. The molecule has 0 unspecified atom stereocenters. The summed E-state index contributed by atoms with van der Waals surface area (Å²) in [5.74, 6) is 0. The minimum absolute atomic E-state index is 0.924. The molecule has 0 saturated heterocycles. The molecule has 7 aromatic carbocycles. The van der Waals surface area contributed by atoms with Gasteiger partial charge in [-0.3, -0.25) is 9.97 Å². The molecule has 0 N–H and O–H groups in total. The van der Waals surface area contributed by atoms with Gasteiger partial charge in [-0.05, 0) is 103 Å². The molecule has 0 spiro atoms. The minimum atomic E-state index is 0.924. The Balaban J connectivity index is 1.27. The van der Waals surface area contributed by atoms with Crippen molar-refractivity contribution in [3.63, 3.8) is 0 Å². The van der Waals surface area contributed by atoms with Crippen molar-refractivity contribution in [3.8, 4) is 44.8 Å². The molecule has 0 atom stereocenters. The second-order valence-corrected chi connectivity index (χ2v) is 12.3. The highest BCUT2D eigenvalue weighted by Crippen LogP contribution is 2.46. The summed E-state index contributed by atoms with van der Waals surface area (Å²) in [5.41, 5.74) is 10.3. The highest BCUT2D eigenvalue weighted by atomic mass is 14.7. The third-order valence-corrected chi connectivity index (χ3v) is 9.41. The molecule has 0 amide bonds. The summed E-state index contributed by atoms with van der Waals surface area (Å²) in [6.07, 6.45) is 3.74. The molecule has 2 aromatic heterocycles. The van der Waals surface area contributed by atoms with Crippen molar-refractivity contribution in [2.75, 3.05) is 0 Å². The van der Waals surface area contributed by atoms with Gasteiger partial charge in [-0.25, -0.2) is 0 Å². The number of hydrogen-bond acceptors (Lipinski definition) is 2. The zero-order valence-electron chi connectivity index (χ0n) is 26.0. The molecule has 2 nitrogen and oxygen atoms in total. The third-order valence-electron chi connectivity index (χ3n) is 9.41. The van der Waals surface area contributed by atoms with E-state index in [-0.39, 0.29) is 0 Å². The SMILES string of the molecule is Cc1ccc2cc(-c3c4ccccc4c(-c4ccc(-c5ccc(-c6ccccn6)cn5)c5ccccc45)c4ccccc34)ccc2c1. The molecule has 2 heterocycles. The van der Waals surface area contributed by atoms with Crippen LogP contribution in [0.1, 0.15) is 5.56 Å². The Bertz CT molecular complexity index is 2560. The molecule has 220 valence electrons. The number of aromatic nitrogens is 2. The van der Waals surface area contributed by atoms with Crippen LogP contribution >= 0.6 is 0 Å². The highest BCUT2D eigenvalue weighted by Gasteiger charge is 2.19. The number of nitrogens with zero attached hydrogens (tertiary/aromatic N) is 2. The lowest BCUT2D eigenvalue weighted by Gasteiger charge is -2.20. The van der Waals surface area contributed by atoms with Gasteiger partial charge in [-0.1, -0.05) is 127 Å². The van der Waals surface area contributed by atoms with Gasteiger partial charge >= 0.3 is 0 Å². The summed E-state index contributed by atoms with van der Waals surface area (Å²) in [6.45, 7) is 2.15. The van der Waals surface area contributed by atoms with Crippen LogP contribution in [0, 0.1) is 6.92 Å². The first-order valence-corrected chi connectivity index (χ1v) is 16.1. The van der Waals surface area contributed by atoms with Crippen LogP contribution in [0.5, 0.6) is 0 Å². The molecular weight excluding hydrogens is 569 g/mol. The molecular formula is C45H30N2. The van der Waals surface area contributed by atoms with E-state index in [0.29, 0.717) is 0 Å². The van der Waals surface area contributed by atoms with E-state index >= 15 is 0 Å². The summed E-state index contributed by atoms with van der Waals surface area (Å²) in [4.78, 5) is 9.41. The Labute approximate surface area is 273 Å². The largest absolute Gasteiger partial charge is 0.256 e. The lowest BCUT2D eigenvalue weighted by Crippen LogP contribution is -1.93. The minimum Gasteiger partial charge on any atom is -0.256 e. The molecule has 0 radical (unpaired) electrons. The van der Waals surface area contributed by atoms with Crippen LogP contribution in [-0.4, -0.2) is 9.97 Å². The fourth-order valence-corrected chi connectivity index (χ4v) is 7.23. The van der Waals surface area contributed by atoms with Gasteiger partial charge in [0, 0.05) is 23.5 Å². The second kappa shape index (κ2) is 11.0. The average Bonchev–Trinajstić information content (AvgIpc) is 3.14. The molecule has 0 saturated carbocycles. The van der Waals surface area contributed by atoms with Crippen molar-refractivity contribution in [2.24, 2.45) is 0 Å². The number of fused-ring (bicyclic) bond motifs is 4. The van der Waals surface area contributed by atoms with Crippen LogP contribution in [0.25, 0.3) is 87.9 Å². The Morgan fingerprint density at radius 3 is 1.62 bits per heavy atom. The Morgan fingerprint density at radius 2 is 0.957 bits per heavy atom. The Kier molecular flexibility index (Phi) is 6.39. The van der Waals surface area contributed by atoms with Crippen molar-refractivity contribution in [3.05, 3.63) is 170 Å². The molecule has 47 heavy (non-hydrogen) atoms. The zero-order chi connectivity index (χ0) is 31.3. The van der Waals surface area contributed by atoms with Gasteiger partial charge in [0.15, 0.2) is 0 Å². The third kappa shape index (κ3) is 4.57. The standard InChI is InChI=1S/C45H30N2/c1-29-17-18-31-27-32(20-19-30(31)26-29)44-37-12-4-6-14-39(37)45(40-15-7-5-13-38(40)44)41-23-22-36(34-10-2-3-11-35(34)41)43-24-21-33(28-47-43)42-16-8-9-25-46-42/h2-28H,1H3. The van der Waals surface area contributed by atoms with Crippen LogP contribution in [0.3, 0.4) is 0 Å². The lowest BCUT2D eigenvalue weighted by atomic mass is 9.84. The van der Waals surface area contributed by atoms with Crippen molar-refractivity contribution in [1.82, 2.24) is 9.97 Å². The van der Waals surface area contributed by atoms with Crippen LogP contribution in [0.4, 0.5) is 0 Å². The van der Waals surface area contributed by atoms with Gasteiger partial charge in [0.25, 0.3) is 0 Å². The molecule has 0 fully saturated rings. The number of hydrogen-bond donors (Lipinski definition) is 0. The number of pyridine rings is 2. The fourth-order valence-electron chi connectivity index (χ4n) is 7.23. The van der Waals surface area contributed by atoms with Crippen molar-refractivity contribution < 1.29 is 0 Å². The van der Waals surface area contributed by atoms with Gasteiger partial charge < -0.3 is 0 Å². The smallest absolute Gasteiger partial charge is 0.0717 e. The fraction of sp³-hybridized carbons (Fsp3) is 0.0222. The van der Waals surface area contributed by atoms with Crippen molar-refractivity contribution in [1.29, 1.82) is 0 Å². The maximum Gasteiger partial charge on any atom is 0.0717 e. The summed E-state index contributed by atoms with van der Waals surface area (Å²) in [7, 11) is 0. The molecule has 0 bridgehead atoms. The van der Waals surface area contributed by atoms with Crippen molar-refractivity contribution in [2.45, 2.75) is 6.92 Å². The van der Waals surface area contributed by atoms with E-state index in [1.54, 1.807) is 0 Å². The Hall–Kier alpha value is -6.12. The average molecular weight is 599 g/mol. The second-order valence-electron chi connectivity index (χ2n) is 12.3. The predicted octanol–water partition coefficient (Wildman–Crippen LogP) is 12.1. The molecule has 9 aromatic rings. The predicted molar refractivity (Wildman–Crippen MR) is 199 cm³/mol. The van der Waals surface area contributed by atoms with Crippen LogP contribution < -0.4 is 0 Å². The maximum absolute atomic E-state index is 4.91. The molecule has 9 rings (SSSR count). The first-order chi connectivity index (χ1) is 23.2. The highest BCUT2D eigenvalue weighted by molar-refractivity contribution is 6.24. The molecule has 0 aliphatic rings. The van der Waals surface area contributed by atoms with E-state index in [0.717, 1.165) is 22.5 Å². The molecule has 0 aliphatic carbocycles. The van der Waals surface area contributed by atoms with E-state index < -0.39 is 0 Å². The topological polar surface area (TPSA) is 25.8 Å². The summed E-state index contributed by atoms with van der Waals surface area (Å²) in [5, 5.41) is 9.94. The van der Waals surface area contributed by atoms with E-state index in [2.05, 4.69) is 145 Å². The van der Waals surface area contributed by atoms with Crippen molar-refractivity contribution >= 4 is 43.1 Å². The number of benzene rings is 7. The molecule has 2 heteroatoms. The number of aryl methyl sites for hydroxylation is 1. The van der Waals surface area contributed by atoms with Crippen LogP contribution in [0.15, 0.2) is 164 Å². The van der Waals surface area contributed by atoms with Crippen LogP contribution in [-0.2, 0) is 0 Å². The normalized spacial score (nSPS) is 11.5. The quantitative estimate of drug-likeness (QED) is 0.188. The first kappa shape index (κ1) is 27.2. The van der Waals surface area contributed by atoms with E-state index in [4.69, 9.17) is 4.98 Å². The summed E-state index contributed by atoms with van der Waals surface area (Å²) < 4.78 is 0. The first-order valence-electron chi connectivity index (χ1n) is 16.1. The Morgan fingerprint density at radius 1 is 0.383 bits per heavy atom. The van der Waals surface area contributed by atoms with Gasteiger partial charge in [0.05, 0.1) is 11.4 Å². The van der Waals surface area contributed by atoms with Gasteiger partial charge in [0.1, 0.15) is 0 Å². The van der Waals surface area contributed by atoms with E-state index in [9.17, 15) is 0 Å². The van der Waals surface area contributed by atoms with Gasteiger partial charge in [-0.15, -0.1) is 0 Å². The van der Waals surface area contributed by atoms with E-state index in [1.807, 2.05) is 30.6 Å². The van der Waals surface area contributed by atoms with Gasteiger partial charge in [0.2, 0.25) is 0 Å². The monoisotopic (exact) mass is 598 g/mol. The number of rotatable bonds is 4. The zero-order valence-corrected chi connectivity index (χ0v) is 26.0. The molecule has 0 aliphatic heterocycles. The van der Waals surface area contributed by atoms with Crippen LogP contribution in [0.2, 0.25) is 0 Å². The lowest BCUT2D eigenvalue weighted by molar-refractivity contribution is 1.28. The summed E-state index contributed by atoms with van der Waals surface area (Å²) in [6, 6.07) is 54.8. The van der Waals surface area contributed by atoms with E-state index in [1.165, 1.54) is 70.9 Å². The summed E-state index contributed by atoms with van der Waals surface area (Å²) >= 11 is 0. The van der Waals surface area contributed by atoms with Gasteiger partial charge in [-0.2, -0.15) is 0 Å².